The molecule has 1 aliphatic heterocycles. The molecule has 0 unspecified atom stereocenters. The zero-order chi connectivity index (χ0) is 15.2. The van der Waals surface area contributed by atoms with E-state index in [1.165, 1.54) is 0 Å². The number of nitrogens with one attached hydrogen (secondary N) is 1. The Morgan fingerprint density at radius 1 is 1.38 bits per heavy atom. The monoisotopic (exact) mass is 355 g/mol. The Labute approximate surface area is 131 Å². The van der Waals surface area contributed by atoms with Crippen LogP contribution in [0, 0.1) is 5.92 Å². The number of carboxylic acid groups (broad SMARTS) is 1. The first-order valence-electron chi connectivity index (χ1n) is 6.89. The molecule has 0 aromatic heterocycles. The van der Waals surface area contributed by atoms with E-state index in [4.69, 9.17) is 9.84 Å². The Morgan fingerprint density at radius 3 is 2.67 bits per heavy atom. The third-order valence-electron chi connectivity index (χ3n) is 3.48. The third-order valence-corrected chi connectivity index (χ3v) is 4.01. The lowest BCUT2D eigenvalue weighted by Gasteiger charge is -2.18. The molecule has 1 aromatic carbocycles. The van der Waals surface area contributed by atoms with Crippen LogP contribution in [-0.4, -0.2) is 30.2 Å². The minimum absolute atomic E-state index is 0.125. The normalized spacial score (nSPS) is 19.2. The molecule has 114 valence electrons. The lowest BCUT2D eigenvalue weighted by Crippen LogP contribution is -2.31. The lowest BCUT2D eigenvalue weighted by molar-refractivity contribution is -0.137. The van der Waals surface area contributed by atoms with Gasteiger partial charge in [0.05, 0.1) is 12.5 Å². The van der Waals surface area contributed by atoms with Gasteiger partial charge in [-0.2, -0.15) is 0 Å². The number of ether oxygens (including phenoxy) is 1. The van der Waals surface area contributed by atoms with Gasteiger partial charge >= 0.3 is 5.97 Å². The predicted octanol–water partition coefficient (Wildman–Crippen LogP) is 2.51. The zero-order valence-corrected chi connectivity index (χ0v) is 13.1. The standard InChI is InChI=1S/C15H18BrNO4/c16-12-3-1-11(2-4-12)13(8-15(19)20)17-14(18)7-10-5-6-21-9-10/h1-4,10,13H,5-9H2,(H,17,18)(H,19,20)/t10-,13+/m0/s1. The van der Waals surface area contributed by atoms with Crippen LogP contribution in [0.4, 0.5) is 0 Å². The summed E-state index contributed by atoms with van der Waals surface area (Å²) >= 11 is 3.34. The van der Waals surface area contributed by atoms with Gasteiger partial charge in [-0.25, -0.2) is 0 Å². The average molecular weight is 356 g/mol. The molecule has 5 nitrogen and oxygen atoms in total. The van der Waals surface area contributed by atoms with Crippen LogP contribution in [0.15, 0.2) is 28.7 Å². The Hall–Kier alpha value is -1.40. The van der Waals surface area contributed by atoms with Crippen LogP contribution in [0.1, 0.15) is 30.9 Å². The Morgan fingerprint density at radius 2 is 2.10 bits per heavy atom. The molecule has 1 heterocycles. The molecule has 6 heteroatoms. The number of amides is 1. The first-order valence-corrected chi connectivity index (χ1v) is 7.68. The van der Waals surface area contributed by atoms with E-state index in [1.807, 2.05) is 24.3 Å². The Balaban J connectivity index is 1.99. The van der Waals surface area contributed by atoms with E-state index in [0.29, 0.717) is 19.6 Å². The van der Waals surface area contributed by atoms with E-state index in [0.717, 1.165) is 16.5 Å². The molecule has 0 saturated carbocycles. The van der Waals surface area contributed by atoms with E-state index < -0.39 is 12.0 Å². The minimum Gasteiger partial charge on any atom is -0.481 e. The topological polar surface area (TPSA) is 75.6 Å². The van der Waals surface area contributed by atoms with Crippen molar-refractivity contribution < 1.29 is 19.4 Å². The number of halogens is 1. The van der Waals surface area contributed by atoms with Crippen molar-refractivity contribution in [2.24, 2.45) is 5.92 Å². The maximum absolute atomic E-state index is 12.1. The highest BCUT2D eigenvalue weighted by atomic mass is 79.9. The molecule has 2 atom stereocenters. The summed E-state index contributed by atoms with van der Waals surface area (Å²) in [6, 6.07) is 6.79. The summed E-state index contributed by atoms with van der Waals surface area (Å²) < 4.78 is 6.16. The second-order valence-electron chi connectivity index (χ2n) is 5.20. The molecule has 1 saturated heterocycles. The number of aliphatic carboxylic acids is 1. The Kier molecular flexibility index (Phi) is 5.76. The maximum Gasteiger partial charge on any atom is 0.305 e. The number of hydrogen-bond acceptors (Lipinski definition) is 3. The molecular formula is C15H18BrNO4. The van der Waals surface area contributed by atoms with Crippen molar-refractivity contribution in [2.45, 2.75) is 25.3 Å². The lowest BCUT2D eigenvalue weighted by atomic mass is 10.0. The zero-order valence-electron chi connectivity index (χ0n) is 11.5. The third kappa shape index (κ3) is 5.13. The molecule has 1 aliphatic rings. The molecular weight excluding hydrogens is 338 g/mol. The number of benzene rings is 1. The van der Waals surface area contributed by atoms with E-state index >= 15 is 0 Å². The van der Waals surface area contributed by atoms with Gasteiger partial charge in [0.25, 0.3) is 0 Å². The molecule has 1 fully saturated rings. The smallest absolute Gasteiger partial charge is 0.305 e. The second kappa shape index (κ2) is 7.56. The first-order chi connectivity index (χ1) is 10.0. The fourth-order valence-corrected chi connectivity index (χ4v) is 2.65. The quantitative estimate of drug-likeness (QED) is 0.821. The number of hydrogen-bond donors (Lipinski definition) is 2. The number of carbonyl (C=O) groups is 2. The van der Waals surface area contributed by atoms with Crippen LogP contribution >= 0.6 is 15.9 Å². The fourth-order valence-electron chi connectivity index (χ4n) is 2.38. The molecule has 2 rings (SSSR count). The van der Waals surface area contributed by atoms with Crippen molar-refractivity contribution in [1.29, 1.82) is 0 Å². The van der Waals surface area contributed by atoms with Crippen LogP contribution in [0.5, 0.6) is 0 Å². The molecule has 0 radical (unpaired) electrons. The van der Waals surface area contributed by atoms with Crippen LogP contribution in [0.2, 0.25) is 0 Å². The highest BCUT2D eigenvalue weighted by molar-refractivity contribution is 9.10. The van der Waals surface area contributed by atoms with Gasteiger partial charge in [-0.3, -0.25) is 9.59 Å². The predicted molar refractivity (Wildman–Crippen MR) is 80.8 cm³/mol. The van der Waals surface area contributed by atoms with Crippen molar-refractivity contribution >= 4 is 27.8 Å². The van der Waals surface area contributed by atoms with Gasteiger partial charge in [0.2, 0.25) is 5.91 Å². The minimum atomic E-state index is -0.938. The van der Waals surface area contributed by atoms with Gasteiger partial charge in [0.1, 0.15) is 0 Å². The highest BCUT2D eigenvalue weighted by Crippen LogP contribution is 2.21. The summed E-state index contributed by atoms with van der Waals surface area (Å²) in [7, 11) is 0. The number of carbonyl (C=O) groups excluding carboxylic acids is 1. The van der Waals surface area contributed by atoms with Gasteiger partial charge in [0.15, 0.2) is 0 Å². The summed E-state index contributed by atoms with van der Waals surface area (Å²) in [6.07, 6.45) is 1.14. The van der Waals surface area contributed by atoms with Crippen LogP contribution < -0.4 is 5.32 Å². The van der Waals surface area contributed by atoms with Gasteiger partial charge in [-0.1, -0.05) is 28.1 Å². The number of rotatable bonds is 6. The fraction of sp³-hybridized carbons (Fsp3) is 0.467. The van der Waals surface area contributed by atoms with E-state index in [-0.39, 0.29) is 18.2 Å². The summed E-state index contributed by atoms with van der Waals surface area (Å²) in [5, 5.41) is 11.8. The summed E-state index contributed by atoms with van der Waals surface area (Å²) in [5.74, 6) is -0.826. The van der Waals surface area contributed by atoms with Gasteiger partial charge < -0.3 is 15.2 Å². The largest absolute Gasteiger partial charge is 0.481 e. The van der Waals surface area contributed by atoms with Gasteiger partial charge in [0, 0.05) is 24.1 Å². The summed E-state index contributed by atoms with van der Waals surface area (Å²) in [5.41, 5.74) is 0.789. The molecule has 2 N–H and O–H groups in total. The Bertz CT molecular complexity index is 497. The molecule has 0 aliphatic carbocycles. The van der Waals surface area contributed by atoms with Crippen molar-refractivity contribution in [3.63, 3.8) is 0 Å². The van der Waals surface area contributed by atoms with Crippen LogP contribution in [0.3, 0.4) is 0 Å². The molecule has 0 bridgehead atoms. The van der Waals surface area contributed by atoms with Gasteiger partial charge in [-0.15, -0.1) is 0 Å². The summed E-state index contributed by atoms with van der Waals surface area (Å²) in [6.45, 7) is 1.30. The molecule has 0 spiro atoms. The highest BCUT2D eigenvalue weighted by Gasteiger charge is 2.22. The number of carboxylic acids is 1. The molecule has 1 amide bonds. The molecule has 21 heavy (non-hydrogen) atoms. The maximum atomic E-state index is 12.1. The van der Waals surface area contributed by atoms with Crippen LogP contribution in [0.25, 0.3) is 0 Å². The van der Waals surface area contributed by atoms with Crippen molar-refractivity contribution in [3.8, 4) is 0 Å². The van der Waals surface area contributed by atoms with Crippen molar-refractivity contribution in [2.75, 3.05) is 13.2 Å². The SMILES string of the molecule is O=C(O)C[C@@H](NC(=O)C[C@@H]1CCOC1)c1ccc(Br)cc1. The van der Waals surface area contributed by atoms with Gasteiger partial charge in [-0.05, 0) is 30.0 Å². The average Bonchev–Trinajstić information content (AvgIpc) is 2.91. The van der Waals surface area contributed by atoms with Crippen molar-refractivity contribution in [1.82, 2.24) is 5.32 Å². The van der Waals surface area contributed by atoms with E-state index in [9.17, 15) is 9.59 Å². The van der Waals surface area contributed by atoms with Crippen molar-refractivity contribution in [3.05, 3.63) is 34.3 Å². The first kappa shape index (κ1) is 16.0. The second-order valence-corrected chi connectivity index (χ2v) is 6.12. The molecule has 1 aromatic rings. The van der Waals surface area contributed by atoms with E-state index in [2.05, 4.69) is 21.2 Å². The van der Waals surface area contributed by atoms with E-state index in [1.54, 1.807) is 0 Å². The van der Waals surface area contributed by atoms with Crippen LogP contribution in [-0.2, 0) is 14.3 Å². The summed E-state index contributed by atoms with van der Waals surface area (Å²) in [4.78, 5) is 23.1.